The molecule has 2 aromatic carbocycles. The molecule has 0 fully saturated rings. The molecule has 0 radical (unpaired) electrons. The number of para-hydroxylation sites is 1. The largest absolute Gasteiger partial charge is 0.497 e. The molecule has 0 aliphatic heterocycles. The van der Waals surface area contributed by atoms with Crippen molar-refractivity contribution in [2.45, 2.75) is 0 Å². The molecule has 26 heavy (non-hydrogen) atoms. The molecule has 1 heterocycles. The maximum atomic E-state index is 12.1. The summed E-state index contributed by atoms with van der Waals surface area (Å²) in [6.07, 6.45) is 0. The average molecular weight is 363 g/mol. The van der Waals surface area contributed by atoms with Crippen LogP contribution in [0.5, 0.6) is 5.75 Å². The lowest BCUT2D eigenvalue weighted by molar-refractivity contribution is -0.138. The fraction of sp³-hybridized carbons (Fsp3) is 0.105. The van der Waals surface area contributed by atoms with Crippen molar-refractivity contribution in [3.8, 4) is 17.6 Å². The van der Waals surface area contributed by atoms with Crippen LogP contribution in [0.25, 0.3) is 15.7 Å². The first kappa shape index (κ1) is 17.4. The van der Waals surface area contributed by atoms with E-state index in [0.717, 1.165) is 21.5 Å². The van der Waals surface area contributed by atoms with Crippen molar-refractivity contribution >= 4 is 33.2 Å². The molecule has 6 nitrogen and oxygen atoms in total. The van der Waals surface area contributed by atoms with Gasteiger partial charge in [0.05, 0.1) is 17.3 Å². The maximum Gasteiger partial charge on any atom is 0.434 e. The van der Waals surface area contributed by atoms with Gasteiger partial charge in [0.15, 0.2) is 6.61 Å². The van der Waals surface area contributed by atoms with Crippen molar-refractivity contribution in [3.05, 3.63) is 64.6 Å². The van der Waals surface area contributed by atoms with E-state index in [9.17, 15) is 4.79 Å². The quantitative estimate of drug-likeness (QED) is 0.234. The summed E-state index contributed by atoms with van der Waals surface area (Å²) in [5.74, 6) is 5.57. The number of hydrogen-bond donors (Lipinski definition) is 0. The van der Waals surface area contributed by atoms with Crippen LogP contribution < -0.4 is 4.74 Å². The second kappa shape index (κ2) is 8.08. The Morgan fingerprint density at radius 3 is 2.69 bits per heavy atom. The predicted molar refractivity (Wildman–Crippen MR) is 98.2 cm³/mol. The zero-order valence-electron chi connectivity index (χ0n) is 13.8. The Bertz CT molecular complexity index is 1020. The summed E-state index contributed by atoms with van der Waals surface area (Å²) in [5.41, 5.74) is 10.4. The van der Waals surface area contributed by atoms with Crippen LogP contribution >= 0.6 is 11.3 Å². The predicted octanol–water partition coefficient (Wildman–Crippen LogP) is 2.92. The lowest BCUT2D eigenvalue weighted by Gasteiger charge is -1.97. The van der Waals surface area contributed by atoms with Crippen LogP contribution in [-0.2, 0) is 9.53 Å². The van der Waals surface area contributed by atoms with E-state index in [-0.39, 0.29) is 12.3 Å². The van der Waals surface area contributed by atoms with Crippen LogP contribution in [0.15, 0.2) is 48.5 Å². The number of carbonyl (C=O) groups excluding carboxylic acids is 1. The molecular formula is C19H13N3O3S. The van der Waals surface area contributed by atoms with E-state index in [2.05, 4.69) is 21.6 Å². The Balaban J connectivity index is 1.65. The third kappa shape index (κ3) is 3.95. The summed E-state index contributed by atoms with van der Waals surface area (Å²) >= 11 is 1.25. The van der Waals surface area contributed by atoms with E-state index >= 15 is 0 Å². The van der Waals surface area contributed by atoms with Crippen molar-refractivity contribution in [2.24, 2.45) is 0 Å². The van der Waals surface area contributed by atoms with Crippen LogP contribution in [0.2, 0.25) is 0 Å². The molecule has 7 heteroatoms. The number of hydrogen-bond acceptors (Lipinski definition) is 5. The van der Waals surface area contributed by atoms with Gasteiger partial charge in [-0.3, -0.25) is 0 Å². The second-order valence-electron chi connectivity index (χ2n) is 5.04. The Kier molecular flexibility index (Phi) is 5.40. The number of benzene rings is 2. The summed E-state index contributed by atoms with van der Waals surface area (Å²) in [4.78, 5) is 19.4. The van der Waals surface area contributed by atoms with E-state index in [0.29, 0.717) is 5.01 Å². The number of methoxy groups -OCH3 is 1. The standard InChI is InChI=1S/C19H13N3O3S/c1-24-14-10-8-13(9-11-14)5-4-12-25-19(23)17(22-20)18-21-15-6-2-3-7-16(15)26-18/h2-3,6-11H,12H2,1H3. The lowest BCUT2D eigenvalue weighted by Crippen LogP contribution is -2.19. The smallest absolute Gasteiger partial charge is 0.434 e. The van der Waals surface area contributed by atoms with Gasteiger partial charge in [-0.25, -0.2) is 9.78 Å². The van der Waals surface area contributed by atoms with Gasteiger partial charge in [0.2, 0.25) is 5.01 Å². The van der Waals surface area contributed by atoms with Crippen molar-refractivity contribution in [3.63, 3.8) is 0 Å². The van der Waals surface area contributed by atoms with Crippen molar-refractivity contribution in [1.82, 2.24) is 4.98 Å². The van der Waals surface area contributed by atoms with Gasteiger partial charge >= 0.3 is 11.7 Å². The molecule has 3 aromatic rings. The zero-order valence-corrected chi connectivity index (χ0v) is 14.6. The van der Waals surface area contributed by atoms with E-state index in [4.69, 9.17) is 15.0 Å². The van der Waals surface area contributed by atoms with Crippen molar-refractivity contribution < 1.29 is 19.1 Å². The summed E-state index contributed by atoms with van der Waals surface area (Å²) in [6.45, 7) is -0.130. The Labute approximate surface area is 153 Å². The van der Waals surface area contributed by atoms with E-state index in [1.165, 1.54) is 11.3 Å². The van der Waals surface area contributed by atoms with Gasteiger partial charge in [0.1, 0.15) is 5.75 Å². The summed E-state index contributed by atoms with van der Waals surface area (Å²) in [6, 6.07) is 14.6. The minimum Gasteiger partial charge on any atom is -0.497 e. The molecule has 128 valence electrons. The highest BCUT2D eigenvalue weighted by Gasteiger charge is 2.28. The molecule has 3 rings (SSSR count). The molecule has 0 bridgehead atoms. The first-order chi connectivity index (χ1) is 12.7. The Morgan fingerprint density at radius 1 is 1.23 bits per heavy atom. The molecule has 1 aromatic heterocycles. The molecule has 0 aliphatic carbocycles. The number of rotatable bonds is 4. The molecule has 0 N–H and O–H groups in total. The van der Waals surface area contributed by atoms with E-state index in [1.54, 1.807) is 31.4 Å². The second-order valence-corrected chi connectivity index (χ2v) is 6.07. The number of fused-ring (bicyclic) bond motifs is 1. The molecule has 0 saturated carbocycles. The summed E-state index contributed by atoms with van der Waals surface area (Å²) in [7, 11) is 1.59. The molecule has 0 aliphatic rings. The van der Waals surface area contributed by atoms with Crippen molar-refractivity contribution in [1.29, 1.82) is 0 Å². The normalized spacial score (nSPS) is 9.73. The van der Waals surface area contributed by atoms with Gasteiger partial charge < -0.3 is 15.0 Å². The highest BCUT2D eigenvalue weighted by molar-refractivity contribution is 7.20. The third-order valence-electron chi connectivity index (χ3n) is 3.39. The average Bonchev–Trinajstić information content (AvgIpc) is 3.10. The summed E-state index contributed by atoms with van der Waals surface area (Å²) < 4.78 is 11.0. The highest BCUT2D eigenvalue weighted by Crippen LogP contribution is 2.21. The van der Waals surface area contributed by atoms with Crippen LogP contribution in [0, 0.1) is 11.8 Å². The topological polar surface area (TPSA) is 84.8 Å². The number of carbonyl (C=O) groups is 1. The minimum atomic E-state index is -0.782. The first-order valence-electron chi connectivity index (χ1n) is 7.59. The first-order valence-corrected chi connectivity index (χ1v) is 8.41. The number of esters is 1. The van der Waals surface area contributed by atoms with Crippen LogP contribution in [0.3, 0.4) is 0 Å². The molecule has 0 amide bonds. The lowest BCUT2D eigenvalue weighted by atomic mass is 10.2. The number of thiazole rings is 1. The SMILES string of the molecule is COc1ccc(C#CCOC(=O)C(=[N+]=[N-])c2nc3ccccc3s2)cc1. The van der Waals surface area contributed by atoms with Gasteiger partial charge in [-0.1, -0.05) is 24.0 Å². The third-order valence-corrected chi connectivity index (χ3v) is 4.43. The molecule has 0 saturated heterocycles. The molecule has 0 spiro atoms. The van der Waals surface area contributed by atoms with E-state index < -0.39 is 5.97 Å². The zero-order chi connectivity index (χ0) is 18.4. The van der Waals surface area contributed by atoms with Crippen LogP contribution in [0.1, 0.15) is 10.6 Å². The fourth-order valence-corrected chi connectivity index (χ4v) is 3.06. The number of nitrogens with zero attached hydrogens (tertiary/aromatic N) is 3. The summed E-state index contributed by atoms with van der Waals surface area (Å²) in [5, 5.41) is 0.293. The molecular weight excluding hydrogens is 350 g/mol. The van der Waals surface area contributed by atoms with E-state index in [1.807, 2.05) is 24.3 Å². The Hall–Kier alpha value is -3.46. The van der Waals surface area contributed by atoms with Crippen molar-refractivity contribution in [2.75, 3.05) is 13.7 Å². The number of ether oxygens (including phenoxy) is 2. The fourth-order valence-electron chi connectivity index (χ4n) is 2.13. The Morgan fingerprint density at radius 2 is 2.00 bits per heavy atom. The van der Waals surface area contributed by atoms with Crippen LogP contribution in [0.4, 0.5) is 0 Å². The van der Waals surface area contributed by atoms with Gasteiger partial charge in [-0.05, 0) is 36.4 Å². The molecule has 0 unspecified atom stereocenters. The number of aromatic nitrogens is 1. The van der Waals surface area contributed by atoms with Gasteiger partial charge in [0, 0.05) is 5.56 Å². The molecule has 0 atom stereocenters. The minimum absolute atomic E-state index is 0.130. The maximum absolute atomic E-state index is 12.1. The van der Waals surface area contributed by atoms with Crippen LogP contribution in [-0.4, -0.2) is 35.2 Å². The monoisotopic (exact) mass is 363 g/mol. The highest BCUT2D eigenvalue weighted by atomic mass is 32.1. The van der Waals surface area contributed by atoms with Gasteiger partial charge in [-0.15, -0.1) is 11.3 Å². The van der Waals surface area contributed by atoms with Gasteiger partial charge in [-0.2, -0.15) is 4.79 Å². The van der Waals surface area contributed by atoms with Gasteiger partial charge in [0.25, 0.3) is 0 Å².